The van der Waals surface area contributed by atoms with E-state index in [9.17, 15) is 4.79 Å². The minimum atomic E-state index is -2.38. The predicted octanol–water partition coefficient (Wildman–Crippen LogP) is 5.63. The molecule has 1 aliphatic rings. The maximum absolute atomic E-state index is 13.1. The SMILES string of the molecule is CC(C)CCC(NC(=O)OC(C)(C)C)(O[Si](C)(C)C(C)(C)C)c1noc(SCCN2CCOCC2)n1. The van der Waals surface area contributed by atoms with Crippen LogP contribution in [0.15, 0.2) is 9.75 Å². The topological polar surface area (TPSA) is 99.0 Å². The molecule has 2 rings (SSSR count). The highest BCUT2D eigenvalue weighted by atomic mass is 32.2. The molecule has 1 amide bonds. The number of nitrogens with one attached hydrogen (secondary N) is 1. The van der Waals surface area contributed by atoms with Gasteiger partial charge in [-0.2, -0.15) is 4.98 Å². The van der Waals surface area contributed by atoms with Crippen molar-refractivity contribution in [2.75, 3.05) is 38.6 Å². The smallest absolute Gasteiger partial charge is 0.410 e. The molecule has 0 spiro atoms. The van der Waals surface area contributed by atoms with E-state index in [2.05, 4.69) is 63.1 Å². The first-order valence-electron chi connectivity index (χ1n) is 13.0. The Balaban J connectivity index is 2.34. The summed E-state index contributed by atoms with van der Waals surface area (Å²) >= 11 is 1.52. The Morgan fingerprint density at radius 3 is 2.36 bits per heavy atom. The van der Waals surface area contributed by atoms with Crippen molar-refractivity contribution in [1.29, 1.82) is 0 Å². The van der Waals surface area contributed by atoms with Crippen molar-refractivity contribution in [2.24, 2.45) is 5.92 Å². The summed E-state index contributed by atoms with van der Waals surface area (Å²) in [6, 6.07) is 0. The lowest BCUT2D eigenvalue weighted by molar-refractivity contribution is -0.0239. The summed E-state index contributed by atoms with van der Waals surface area (Å²) in [5, 5.41) is 7.75. The van der Waals surface area contributed by atoms with Gasteiger partial charge in [0.2, 0.25) is 5.82 Å². The molecule has 1 fully saturated rings. The Morgan fingerprint density at radius 2 is 1.81 bits per heavy atom. The molecule has 0 aliphatic carbocycles. The highest BCUT2D eigenvalue weighted by Crippen LogP contribution is 2.42. The number of morpholine rings is 1. The quantitative estimate of drug-likeness (QED) is 0.216. The Bertz CT molecular complexity index is 831. The number of carbonyl (C=O) groups excluding carboxylic acids is 1. The van der Waals surface area contributed by atoms with Crippen LogP contribution in [0.1, 0.15) is 74.1 Å². The van der Waals surface area contributed by atoms with E-state index in [4.69, 9.17) is 23.4 Å². The van der Waals surface area contributed by atoms with Gasteiger partial charge in [-0.25, -0.2) is 4.79 Å². The molecule has 0 bridgehead atoms. The molecule has 208 valence electrons. The molecule has 2 heterocycles. The second kappa shape index (κ2) is 12.6. The summed E-state index contributed by atoms with van der Waals surface area (Å²) in [6.45, 7) is 25.0. The van der Waals surface area contributed by atoms with Crippen LogP contribution in [-0.2, 0) is 19.6 Å². The van der Waals surface area contributed by atoms with Crippen LogP contribution in [0.3, 0.4) is 0 Å². The van der Waals surface area contributed by atoms with E-state index in [1.54, 1.807) is 0 Å². The number of carbonyl (C=O) groups is 1. The summed E-state index contributed by atoms with van der Waals surface area (Å²) < 4.78 is 23.7. The van der Waals surface area contributed by atoms with Crippen LogP contribution in [0.2, 0.25) is 18.1 Å². The van der Waals surface area contributed by atoms with Gasteiger partial charge in [0.1, 0.15) is 5.60 Å². The van der Waals surface area contributed by atoms with Crippen LogP contribution in [0.5, 0.6) is 0 Å². The summed E-state index contributed by atoms with van der Waals surface area (Å²) in [5.74, 6) is 1.55. The molecule has 0 aromatic carbocycles. The van der Waals surface area contributed by atoms with Crippen molar-refractivity contribution in [2.45, 2.75) is 103 Å². The van der Waals surface area contributed by atoms with E-state index in [0.717, 1.165) is 45.0 Å². The molecule has 11 heteroatoms. The second-order valence-electron chi connectivity index (χ2n) is 12.4. The molecule has 0 saturated carbocycles. The third-order valence-electron chi connectivity index (χ3n) is 6.52. The van der Waals surface area contributed by atoms with E-state index < -0.39 is 25.7 Å². The molecule has 1 aromatic heterocycles. The van der Waals surface area contributed by atoms with E-state index in [1.165, 1.54) is 11.8 Å². The Kier molecular flexibility index (Phi) is 10.9. The maximum Gasteiger partial charge on any atom is 0.410 e. The van der Waals surface area contributed by atoms with Gasteiger partial charge in [0.15, 0.2) is 14.0 Å². The average Bonchev–Trinajstić information content (AvgIpc) is 3.20. The fourth-order valence-electron chi connectivity index (χ4n) is 3.42. The molecule has 1 aromatic rings. The predicted molar refractivity (Wildman–Crippen MR) is 146 cm³/mol. The van der Waals surface area contributed by atoms with Crippen LogP contribution in [-0.4, -0.2) is 73.7 Å². The third-order valence-corrected chi connectivity index (χ3v) is 11.8. The highest BCUT2D eigenvalue weighted by molar-refractivity contribution is 7.99. The number of aromatic nitrogens is 2. The minimum absolute atomic E-state index is 0.0921. The van der Waals surface area contributed by atoms with E-state index >= 15 is 0 Å². The summed E-state index contributed by atoms with van der Waals surface area (Å²) in [5.41, 5.74) is -1.90. The molecular weight excluding hydrogens is 496 g/mol. The van der Waals surface area contributed by atoms with Gasteiger partial charge in [0, 0.05) is 31.8 Å². The number of hydrogen-bond acceptors (Lipinski definition) is 9. The Hall–Kier alpha value is -1.14. The zero-order valence-corrected chi connectivity index (χ0v) is 25.8. The number of rotatable bonds is 11. The lowest BCUT2D eigenvalue weighted by Gasteiger charge is -2.44. The molecule has 1 atom stereocenters. The fraction of sp³-hybridized carbons (Fsp3) is 0.880. The van der Waals surface area contributed by atoms with Crippen molar-refractivity contribution in [3.63, 3.8) is 0 Å². The number of ether oxygens (including phenoxy) is 2. The van der Waals surface area contributed by atoms with E-state index in [0.29, 0.717) is 23.4 Å². The molecule has 36 heavy (non-hydrogen) atoms. The van der Waals surface area contributed by atoms with Crippen LogP contribution in [0, 0.1) is 5.92 Å². The number of hydrogen-bond donors (Lipinski definition) is 1. The van der Waals surface area contributed by atoms with Crippen molar-refractivity contribution < 1.29 is 23.2 Å². The number of nitrogens with zero attached hydrogens (tertiary/aromatic N) is 3. The monoisotopic (exact) mass is 544 g/mol. The fourth-order valence-corrected chi connectivity index (χ4v) is 5.61. The highest BCUT2D eigenvalue weighted by Gasteiger charge is 2.49. The number of amides is 1. The second-order valence-corrected chi connectivity index (χ2v) is 18.2. The molecule has 1 N–H and O–H groups in total. The molecule has 9 nitrogen and oxygen atoms in total. The van der Waals surface area contributed by atoms with E-state index in [1.807, 2.05) is 20.8 Å². The number of alkyl carbamates (subject to hydrolysis) is 1. The molecule has 1 aliphatic heterocycles. The van der Waals surface area contributed by atoms with Crippen LogP contribution in [0.25, 0.3) is 0 Å². The van der Waals surface area contributed by atoms with Crippen LogP contribution in [0.4, 0.5) is 4.79 Å². The molecule has 0 radical (unpaired) electrons. The van der Waals surface area contributed by atoms with Gasteiger partial charge in [0.25, 0.3) is 5.22 Å². The van der Waals surface area contributed by atoms with Crippen molar-refractivity contribution in [1.82, 2.24) is 20.4 Å². The average molecular weight is 545 g/mol. The minimum Gasteiger partial charge on any atom is -0.444 e. The Morgan fingerprint density at radius 1 is 1.17 bits per heavy atom. The molecule has 1 unspecified atom stereocenters. The largest absolute Gasteiger partial charge is 0.444 e. The molecule has 1 saturated heterocycles. The zero-order chi connectivity index (χ0) is 27.2. The summed E-state index contributed by atoms with van der Waals surface area (Å²) in [6.07, 6.45) is 0.753. The first kappa shape index (κ1) is 31.1. The van der Waals surface area contributed by atoms with Crippen molar-refractivity contribution in [3.05, 3.63) is 5.82 Å². The third kappa shape index (κ3) is 9.63. The first-order valence-corrected chi connectivity index (χ1v) is 16.9. The summed E-state index contributed by atoms with van der Waals surface area (Å²) in [7, 11) is -2.38. The van der Waals surface area contributed by atoms with Crippen molar-refractivity contribution >= 4 is 26.2 Å². The van der Waals surface area contributed by atoms with Gasteiger partial charge in [-0.1, -0.05) is 51.5 Å². The van der Waals surface area contributed by atoms with Crippen LogP contribution < -0.4 is 5.32 Å². The van der Waals surface area contributed by atoms with Gasteiger partial charge in [0.05, 0.1) is 13.2 Å². The Labute approximate surface area is 222 Å². The normalized spacial score (nSPS) is 17.8. The van der Waals surface area contributed by atoms with E-state index in [-0.39, 0.29) is 5.04 Å². The van der Waals surface area contributed by atoms with Gasteiger partial charge in [-0.15, -0.1) is 0 Å². The first-order chi connectivity index (χ1) is 16.5. The zero-order valence-electron chi connectivity index (χ0n) is 24.0. The van der Waals surface area contributed by atoms with Crippen molar-refractivity contribution in [3.8, 4) is 0 Å². The summed E-state index contributed by atoms with van der Waals surface area (Å²) in [4.78, 5) is 20.2. The van der Waals surface area contributed by atoms with Gasteiger partial charge in [-0.05, 0) is 51.2 Å². The lowest BCUT2D eigenvalue weighted by Crippen LogP contribution is -2.57. The lowest BCUT2D eigenvalue weighted by atomic mass is 10.00. The van der Waals surface area contributed by atoms with Gasteiger partial charge >= 0.3 is 6.09 Å². The molecular formula is C25H48N4O5SSi. The maximum atomic E-state index is 13.1. The standard InChI is InChI=1S/C25H48N4O5SSi/c1-19(2)11-12-25(27-21(30)32-23(3,4)5,34-36(9,10)24(6,7)8)20-26-22(33-28-20)35-18-15-29-13-16-31-17-14-29/h19H,11-18H2,1-10H3,(H,27,30). The van der Waals surface area contributed by atoms with Gasteiger partial charge < -0.3 is 18.4 Å². The number of thioether (sulfide) groups is 1. The van der Waals surface area contributed by atoms with Crippen LogP contribution >= 0.6 is 11.8 Å². The van der Waals surface area contributed by atoms with Gasteiger partial charge in [-0.3, -0.25) is 10.2 Å².